The molecule has 0 spiro atoms. The van der Waals surface area contributed by atoms with Crippen molar-refractivity contribution in [3.05, 3.63) is 0 Å². The summed E-state index contributed by atoms with van der Waals surface area (Å²) in [6.07, 6.45) is 2.30. The molecule has 1 fully saturated rings. The second-order valence-corrected chi connectivity index (χ2v) is 3.16. The van der Waals surface area contributed by atoms with E-state index in [-0.39, 0.29) is 18.5 Å². The Bertz CT molecular complexity index is 204. The highest BCUT2D eigenvalue weighted by molar-refractivity contribution is 5.82. The van der Waals surface area contributed by atoms with Gasteiger partial charge in [0.15, 0.2) is 0 Å². The fourth-order valence-corrected chi connectivity index (χ4v) is 1.48. The van der Waals surface area contributed by atoms with Crippen LogP contribution in [-0.2, 0) is 9.59 Å². The van der Waals surface area contributed by atoms with Crippen molar-refractivity contribution in [1.29, 1.82) is 0 Å². The van der Waals surface area contributed by atoms with Crippen LogP contribution < -0.4 is 0 Å². The highest BCUT2D eigenvalue weighted by Crippen LogP contribution is 2.16. The second kappa shape index (κ2) is 6.40. The Morgan fingerprint density at radius 2 is 2.14 bits per heavy atom. The van der Waals surface area contributed by atoms with Crippen LogP contribution in [0.5, 0.6) is 0 Å². The summed E-state index contributed by atoms with van der Waals surface area (Å²) in [6, 6.07) is 0.0855. The first-order chi connectivity index (χ1) is 6.61. The lowest BCUT2D eigenvalue weighted by Crippen LogP contribution is -2.44. The number of hydrogen-bond acceptors (Lipinski definition) is 2. The maximum atomic E-state index is 11.2. The smallest absolute Gasteiger partial charge is 0.323 e. The molecule has 14 heavy (non-hydrogen) atoms. The molecule has 0 saturated carbocycles. The lowest BCUT2D eigenvalue weighted by atomic mass is 10.0. The van der Waals surface area contributed by atoms with Crippen LogP contribution in [0.4, 0.5) is 0 Å². The van der Waals surface area contributed by atoms with Gasteiger partial charge in [-0.25, -0.2) is 0 Å². The molecule has 1 atom stereocenters. The summed E-state index contributed by atoms with van der Waals surface area (Å²) in [6.45, 7) is 5.74. The molecular formula is C10H19NO3. The zero-order valence-corrected chi connectivity index (χ0v) is 9.12. The van der Waals surface area contributed by atoms with E-state index in [4.69, 9.17) is 5.11 Å². The highest BCUT2D eigenvalue weighted by atomic mass is 16.4. The fourth-order valence-electron chi connectivity index (χ4n) is 1.48. The third-order valence-electron chi connectivity index (χ3n) is 2.17. The number of hydrogen-bond donors (Lipinski definition) is 1. The topological polar surface area (TPSA) is 57.6 Å². The summed E-state index contributed by atoms with van der Waals surface area (Å²) in [4.78, 5) is 23.0. The quantitative estimate of drug-likeness (QED) is 0.736. The van der Waals surface area contributed by atoms with E-state index >= 15 is 0 Å². The molecule has 0 aliphatic carbocycles. The van der Waals surface area contributed by atoms with Gasteiger partial charge >= 0.3 is 5.97 Å². The Labute approximate surface area is 84.9 Å². The van der Waals surface area contributed by atoms with Gasteiger partial charge in [0.25, 0.3) is 0 Å². The number of rotatable bonds is 2. The average molecular weight is 201 g/mol. The summed E-state index contributed by atoms with van der Waals surface area (Å²) >= 11 is 0. The maximum Gasteiger partial charge on any atom is 0.323 e. The third-order valence-corrected chi connectivity index (χ3v) is 2.17. The largest absolute Gasteiger partial charge is 0.480 e. The van der Waals surface area contributed by atoms with Crippen molar-refractivity contribution < 1.29 is 14.7 Å². The van der Waals surface area contributed by atoms with E-state index in [1.165, 1.54) is 4.90 Å². The molecule has 1 unspecified atom stereocenters. The summed E-state index contributed by atoms with van der Waals surface area (Å²) < 4.78 is 0. The van der Waals surface area contributed by atoms with E-state index in [1.807, 2.05) is 20.8 Å². The molecule has 0 aromatic carbocycles. The number of carboxylic acid groups (broad SMARTS) is 1. The van der Waals surface area contributed by atoms with Crippen LogP contribution >= 0.6 is 0 Å². The van der Waals surface area contributed by atoms with Crippen LogP contribution in [0.25, 0.3) is 0 Å². The van der Waals surface area contributed by atoms with E-state index < -0.39 is 5.97 Å². The minimum Gasteiger partial charge on any atom is -0.480 e. The van der Waals surface area contributed by atoms with Crippen LogP contribution in [0.3, 0.4) is 0 Å². The molecule has 1 aliphatic heterocycles. The van der Waals surface area contributed by atoms with Gasteiger partial charge in [-0.2, -0.15) is 0 Å². The van der Waals surface area contributed by atoms with Crippen LogP contribution in [0.2, 0.25) is 0 Å². The normalized spacial score (nSPS) is 21.2. The summed E-state index contributed by atoms with van der Waals surface area (Å²) in [5.41, 5.74) is 0. The van der Waals surface area contributed by atoms with E-state index in [0.29, 0.717) is 6.42 Å². The van der Waals surface area contributed by atoms with E-state index in [1.54, 1.807) is 0 Å². The molecule has 1 aliphatic rings. The van der Waals surface area contributed by atoms with Gasteiger partial charge in [-0.1, -0.05) is 13.8 Å². The first kappa shape index (κ1) is 12.9. The zero-order chi connectivity index (χ0) is 11.1. The molecule has 82 valence electrons. The van der Waals surface area contributed by atoms with Gasteiger partial charge in [-0.15, -0.1) is 0 Å². The van der Waals surface area contributed by atoms with Gasteiger partial charge in [0.05, 0.1) is 0 Å². The molecule has 4 nitrogen and oxygen atoms in total. The van der Waals surface area contributed by atoms with Crippen molar-refractivity contribution in [2.24, 2.45) is 0 Å². The number of piperidine rings is 1. The molecule has 0 aromatic rings. The molecule has 1 N–H and O–H groups in total. The van der Waals surface area contributed by atoms with Gasteiger partial charge in [0, 0.05) is 12.5 Å². The average Bonchev–Trinajstić information content (AvgIpc) is 2.15. The van der Waals surface area contributed by atoms with E-state index in [0.717, 1.165) is 12.8 Å². The lowest BCUT2D eigenvalue weighted by Gasteiger charge is -2.31. The number of carboxylic acids is 1. The van der Waals surface area contributed by atoms with Crippen molar-refractivity contribution >= 4 is 11.9 Å². The second-order valence-electron chi connectivity index (χ2n) is 3.16. The van der Waals surface area contributed by atoms with Crippen molar-refractivity contribution in [1.82, 2.24) is 4.90 Å². The predicted molar refractivity (Wildman–Crippen MR) is 54.0 cm³/mol. The van der Waals surface area contributed by atoms with Crippen LogP contribution in [0, 0.1) is 0 Å². The summed E-state index contributed by atoms with van der Waals surface area (Å²) in [7, 11) is 0. The zero-order valence-electron chi connectivity index (χ0n) is 9.12. The Balaban J connectivity index is 0.000000791. The van der Waals surface area contributed by atoms with Crippen LogP contribution in [0.1, 0.15) is 40.0 Å². The van der Waals surface area contributed by atoms with Crippen LogP contribution in [-0.4, -0.2) is 34.5 Å². The van der Waals surface area contributed by atoms with Gasteiger partial charge in [-0.05, 0) is 19.8 Å². The Hall–Kier alpha value is -1.06. The molecular weight excluding hydrogens is 182 g/mol. The molecule has 1 saturated heterocycles. The van der Waals surface area contributed by atoms with Crippen LogP contribution in [0.15, 0.2) is 0 Å². The summed E-state index contributed by atoms with van der Waals surface area (Å²) in [5.74, 6) is -0.965. The number of carbonyl (C=O) groups excluding carboxylic acids is 1. The monoisotopic (exact) mass is 201 g/mol. The number of nitrogens with zero attached hydrogens (tertiary/aromatic N) is 1. The molecule has 1 amide bonds. The van der Waals surface area contributed by atoms with Crippen molar-refractivity contribution in [3.8, 4) is 0 Å². The minimum absolute atomic E-state index is 0.0313. The van der Waals surface area contributed by atoms with Crippen molar-refractivity contribution in [2.45, 2.75) is 46.1 Å². The molecule has 0 aromatic heterocycles. The number of likely N-dealkylation sites (tertiary alicyclic amines) is 1. The number of amides is 1. The standard InChI is InChI=1S/C8H13NO3.C2H6/c1-6-3-2-4-7(10)9(6)5-8(11)12;1-2/h6H,2-5H2,1H3,(H,11,12);1-2H3. The van der Waals surface area contributed by atoms with Gasteiger partial charge < -0.3 is 10.0 Å². The maximum absolute atomic E-state index is 11.2. The van der Waals surface area contributed by atoms with Crippen molar-refractivity contribution in [3.63, 3.8) is 0 Å². The fraction of sp³-hybridized carbons (Fsp3) is 0.800. The minimum atomic E-state index is -0.933. The Morgan fingerprint density at radius 3 is 2.57 bits per heavy atom. The number of carbonyl (C=O) groups is 2. The van der Waals surface area contributed by atoms with E-state index in [2.05, 4.69) is 0 Å². The number of aliphatic carboxylic acids is 1. The van der Waals surface area contributed by atoms with E-state index in [9.17, 15) is 9.59 Å². The van der Waals surface area contributed by atoms with Gasteiger partial charge in [0.1, 0.15) is 6.54 Å². The lowest BCUT2D eigenvalue weighted by molar-refractivity contribution is -0.147. The summed E-state index contributed by atoms with van der Waals surface area (Å²) in [5, 5.41) is 8.51. The predicted octanol–water partition coefficient (Wildman–Crippen LogP) is 1.50. The molecule has 1 heterocycles. The SMILES string of the molecule is CC.CC1CCCC(=O)N1CC(=O)O. The third kappa shape index (κ3) is 3.77. The first-order valence-electron chi connectivity index (χ1n) is 5.12. The Kier molecular flexibility index (Phi) is 5.92. The highest BCUT2D eigenvalue weighted by Gasteiger charge is 2.25. The Morgan fingerprint density at radius 1 is 1.57 bits per heavy atom. The first-order valence-corrected chi connectivity index (χ1v) is 5.12. The molecule has 0 radical (unpaired) electrons. The van der Waals surface area contributed by atoms with Crippen molar-refractivity contribution in [2.75, 3.05) is 6.54 Å². The molecule has 1 rings (SSSR count). The molecule has 4 heteroatoms. The molecule has 0 bridgehead atoms. The van der Waals surface area contributed by atoms with Gasteiger partial charge in [0.2, 0.25) is 5.91 Å². The van der Waals surface area contributed by atoms with Gasteiger partial charge in [-0.3, -0.25) is 9.59 Å².